The lowest BCUT2D eigenvalue weighted by molar-refractivity contribution is -0.115. The summed E-state index contributed by atoms with van der Waals surface area (Å²) in [5.74, 6) is 2.46. The van der Waals surface area contributed by atoms with E-state index in [2.05, 4.69) is 82.4 Å². The van der Waals surface area contributed by atoms with Crippen molar-refractivity contribution >= 4 is 44.8 Å². The highest BCUT2D eigenvalue weighted by molar-refractivity contribution is 9.10. The van der Waals surface area contributed by atoms with Crippen LogP contribution in [0.25, 0.3) is 0 Å². The first-order chi connectivity index (χ1) is 13.8. The average molecular weight is 460 g/mol. The molecule has 0 bridgehead atoms. The van der Waals surface area contributed by atoms with E-state index in [1.165, 1.54) is 5.56 Å². The molecule has 0 fully saturated rings. The number of aromatic nitrogens is 2. The van der Waals surface area contributed by atoms with E-state index < -0.39 is 0 Å². The molecule has 7 heteroatoms. The summed E-state index contributed by atoms with van der Waals surface area (Å²) in [5, 5.41) is 6.52. The molecule has 1 aromatic heterocycles. The van der Waals surface area contributed by atoms with Crippen LogP contribution in [-0.4, -0.2) is 28.5 Å². The second-order valence-corrected chi connectivity index (χ2v) is 8.71. The van der Waals surface area contributed by atoms with E-state index in [1.807, 2.05) is 11.8 Å². The van der Waals surface area contributed by atoms with Crippen molar-refractivity contribution in [2.45, 2.75) is 65.8 Å². The Labute approximate surface area is 181 Å². The average Bonchev–Trinajstić information content (AvgIpc) is 2.67. The van der Waals surface area contributed by atoms with Gasteiger partial charge in [-0.15, -0.1) is 0 Å². The van der Waals surface area contributed by atoms with Crippen LogP contribution in [0.1, 0.15) is 64.3 Å². The number of benzene rings is 1. The van der Waals surface area contributed by atoms with Crippen molar-refractivity contribution in [1.29, 1.82) is 0 Å². The third-order valence-electron chi connectivity index (χ3n) is 5.22. The zero-order chi connectivity index (χ0) is 21.1. The van der Waals surface area contributed by atoms with Crippen LogP contribution >= 0.6 is 15.9 Å². The summed E-state index contributed by atoms with van der Waals surface area (Å²) in [5.41, 5.74) is 2.82. The zero-order valence-electron chi connectivity index (χ0n) is 17.8. The van der Waals surface area contributed by atoms with E-state index >= 15 is 0 Å². The van der Waals surface area contributed by atoms with Gasteiger partial charge in [0, 0.05) is 10.5 Å². The van der Waals surface area contributed by atoms with Gasteiger partial charge in [-0.05, 0) is 59.3 Å². The number of amides is 1. The number of nitrogens with one attached hydrogen (secondary N) is 2. The van der Waals surface area contributed by atoms with Crippen LogP contribution in [0, 0.1) is 6.92 Å². The summed E-state index contributed by atoms with van der Waals surface area (Å²) in [4.78, 5) is 23.8. The number of fused-ring (bicyclic) bond motifs is 1. The molecule has 0 spiro atoms. The first-order valence-corrected chi connectivity index (χ1v) is 11.1. The van der Waals surface area contributed by atoms with Gasteiger partial charge in [0.25, 0.3) is 0 Å². The van der Waals surface area contributed by atoms with Crippen LogP contribution in [0.5, 0.6) is 0 Å². The molecule has 2 aromatic rings. The highest BCUT2D eigenvalue weighted by atomic mass is 79.9. The Morgan fingerprint density at radius 1 is 1.28 bits per heavy atom. The molecule has 6 nitrogen and oxygen atoms in total. The Kier molecular flexibility index (Phi) is 6.77. The molecular formula is C22H30BrN5O. The summed E-state index contributed by atoms with van der Waals surface area (Å²) in [6.45, 7) is 10.8. The van der Waals surface area contributed by atoms with E-state index in [9.17, 15) is 4.79 Å². The summed E-state index contributed by atoms with van der Waals surface area (Å²) in [6.07, 6.45) is 3.13. The Morgan fingerprint density at radius 2 is 2.03 bits per heavy atom. The number of rotatable bonds is 7. The fourth-order valence-electron chi connectivity index (χ4n) is 3.59. The van der Waals surface area contributed by atoms with Crippen molar-refractivity contribution in [3.8, 4) is 0 Å². The molecule has 156 valence electrons. The summed E-state index contributed by atoms with van der Waals surface area (Å²) in [6, 6.07) is 6.59. The van der Waals surface area contributed by atoms with E-state index in [-0.39, 0.29) is 12.5 Å². The van der Waals surface area contributed by atoms with E-state index in [1.54, 1.807) is 0 Å². The van der Waals surface area contributed by atoms with Gasteiger partial charge >= 0.3 is 0 Å². The molecular weight excluding hydrogens is 430 g/mol. The molecule has 3 rings (SSSR count). The Hall–Kier alpha value is -2.15. The van der Waals surface area contributed by atoms with Gasteiger partial charge in [-0.1, -0.05) is 40.2 Å². The van der Waals surface area contributed by atoms with E-state index in [0.717, 1.165) is 35.2 Å². The van der Waals surface area contributed by atoms with E-state index in [0.29, 0.717) is 29.3 Å². The standard InChI is InChI=1S/C22H30BrN5O/c1-6-8-16(7-2)26-21-20-22(25-14(5)24-21)28(12-19(29)27-20)18-10-9-15(13(3)4)11-17(18)23/h9-11,13,16H,6-8,12H2,1-5H3,(H,27,29)(H,24,25,26). The molecule has 29 heavy (non-hydrogen) atoms. The molecule has 0 saturated heterocycles. The molecule has 2 N–H and O–H groups in total. The number of carbonyl (C=O) groups is 1. The number of hydrogen-bond acceptors (Lipinski definition) is 5. The minimum Gasteiger partial charge on any atom is -0.365 e. The van der Waals surface area contributed by atoms with Gasteiger partial charge in [-0.2, -0.15) is 0 Å². The number of carbonyl (C=O) groups excluding carboxylic acids is 1. The molecule has 2 heterocycles. The maximum atomic E-state index is 12.6. The Morgan fingerprint density at radius 3 is 2.66 bits per heavy atom. The van der Waals surface area contributed by atoms with Crippen LogP contribution in [0.3, 0.4) is 0 Å². The van der Waals surface area contributed by atoms with Gasteiger partial charge in [-0.25, -0.2) is 9.97 Å². The van der Waals surface area contributed by atoms with Crippen LogP contribution < -0.4 is 15.5 Å². The van der Waals surface area contributed by atoms with Gasteiger partial charge in [0.1, 0.15) is 18.1 Å². The largest absolute Gasteiger partial charge is 0.365 e. The fourth-order valence-corrected chi connectivity index (χ4v) is 4.20. The van der Waals surface area contributed by atoms with Crippen molar-refractivity contribution < 1.29 is 4.79 Å². The SMILES string of the molecule is CCCC(CC)Nc1nc(C)nc2c1NC(=O)CN2c1ccc(C(C)C)cc1Br. The first-order valence-electron chi connectivity index (χ1n) is 10.4. The topological polar surface area (TPSA) is 70.1 Å². The lowest BCUT2D eigenvalue weighted by Gasteiger charge is -2.32. The first kappa shape index (κ1) is 21.6. The summed E-state index contributed by atoms with van der Waals surface area (Å²) < 4.78 is 0.951. The minimum absolute atomic E-state index is 0.0728. The van der Waals surface area contributed by atoms with Crippen molar-refractivity contribution in [3.63, 3.8) is 0 Å². The van der Waals surface area contributed by atoms with Gasteiger partial charge in [0.2, 0.25) is 5.91 Å². The normalized spacial score (nSPS) is 14.6. The molecule has 1 aliphatic heterocycles. The molecule has 1 unspecified atom stereocenters. The maximum absolute atomic E-state index is 12.6. The van der Waals surface area contributed by atoms with Gasteiger partial charge in [0.05, 0.1) is 5.69 Å². The predicted octanol–water partition coefficient (Wildman–Crippen LogP) is 5.75. The molecule has 1 aromatic carbocycles. The highest BCUT2D eigenvalue weighted by Crippen LogP contribution is 2.41. The molecule has 1 amide bonds. The van der Waals surface area contributed by atoms with Crippen molar-refractivity contribution in [1.82, 2.24) is 9.97 Å². The molecule has 1 atom stereocenters. The van der Waals surface area contributed by atoms with Crippen molar-refractivity contribution in [2.24, 2.45) is 0 Å². The zero-order valence-corrected chi connectivity index (χ0v) is 19.4. The molecule has 0 aliphatic carbocycles. The lowest BCUT2D eigenvalue weighted by atomic mass is 10.0. The Balaban J connectivity index is 2.06. The van der Waals surface area contributed by atoms with Gasteiger partial charge in [0.15, 0.2) is 11.6 Å². The third-order valence-corrected chi connectivity index (χ3v) is 5.86. The van der Waals surface area contributed by atoms with Gasteiger partial charge in [-0.3, -0.25) is 4.79 Å². The highest BCUT2D eigenvalue weighted by Gasteiger charge is 2.30. The van der Waals surface area contributed by atoms with Crippen LogP contribution in [-0.2, 0) is 4.79 Å². The molecule has 0 radical (unpaired) electrons. The quantitative estimate of drug-likeness (QED) is 0.551. The smallest absolute Gasteiger partial charge is 0.244 e. The summed E-state index contributed by atoms with van der Waals surface area (Å²) >= 11 is 3.70. The molecule has 0 saturated carbocycles. The predicted molar refractivity (Wildman–Crippen MR) is 123 cm³/mol. The van der Waals surface area contributed by atoms with Gasteiger partial charge < -0.3 is 15.5 Å². The summed E-state index contributed by atoms with van der Waals surface area (Å²) in [7, 11) is 0. The van der Waals surface area contributed by atoms with E-state index in [4.69, 9.17) is 0 Å². The number of aryl methyl sites for hydroxylation is 1. The van der Waals surface area contributed by atoms with Crippen molar-refractivity contribution in [2.75, 3.05) is 22.1 Å². The number of halogens is 1. The second kappa shape index (κ2) is 9.11. The Bertz CT molecular complexity index is 899. The fraction of sp³-hybridized carbons (Fsp3) is 0.500. The lowest BCUT2D eigenvalue weighted by Crippen LogP contribution is -2.37. The monoisotopic (exact) mass is 459 g/mol. The van der Waals surface area contributed by atoms with Crippen LogP contribution in [0.2, 0.25) is 0 Å². The number of anilines is 4. The minimum atomic E-state index is -0.0728. The second-order valence-electron chi connectivity index (χ2n) is 7.86. The number of hydrogen-bond donors (Lipinski definition) is 2. The van der Waals surface area contributed by atoms with Crippen molar-refractivity contribution in [3.05, 3.63) is 34.1 Å². The van der Waals surface area contributed by atoms with Crippen LogP contribution in [0.15, 0.2) is 22.7 Å². The maximum Gasteiger partial charge on any atom is 0.244 e. The molecule has 1 aliphatic rings. The number of nitrogens with zero attached hydrogens (tertiary/aromatic N) is 3. The third kappa shape index (κ3) is 4.71. The van der Waals surface area contributed by atoms with Crippen LogP contribution in [0.4, 0.5) is 23.0 Å².